The van der Waals surface area contributed by atoms with Crippen molar-refractivity contribution in [2.24, 2.45) is 0 Å². The third-order valence-corrected chi connectivity index (χ3v) is 6.42. The zero-order chi connectivity index (χ0) is 20.0. The van der Waals surface area contributed by atoms with Crippen LogP contribution in [-0.4, -0.2) is 30.2 Å². The van der Waals surface area contributed by atoms with Gasteiger partial charge in [0.2, 0.25) is 5.91 Å². The van der Waals surface area contributed by atoms with Crippen LogP contribution in [0.15, 0.2) is 66.1 Å². The van der Waals surface area contributed by atoms with E-state index < -0.39 is 27.2 Å². The van der Waals surface area contributed by atoms with Gasteiger partial charge in [0, 0.05) is 6.54 Å². The van der Waals surface area contributed by atoms with Crippen molar-refractivity contribution in [3.05, 3.63) is 66.7 Å². The molecule has 0 saturated carbocycles. The number of methoxy groups -OCH3 is 1. The maximum Gasteiger partial charge on any atom is 0.274 e. The Hall–Kier alpha value is -2.69. The maximum absolute atomic E-state index is 12.9. The molecule has 0 bridgehead atoms. The van der Waals surface area contributed by atoms with E-state index in [9.17, 15) is 22.0 Å². The number of nitrogens with zero attached hydrogens (tertiary/aromatic N) is 1. The number of rotatable bonds is 8. The second-order valence-corrected chi connectivity index (χ2v) is 8.03. The van der Waals surface area contributed by atoms with Crippen LogP contribution in [0.3, 0.4) is 0 Å². The van der Waals surface area contributed by atoms with E-state index >= 15 is 0 Å². The zero-order valence-corrected chi connectivity index (χ0v) is 16.0. The Morgan fingerprint density at radius 2 is 1.96 bits per heavy atom. The summed E-state index contributed by atoms with van der Waals surface area (Å²) in [5.74, 6) is 0.0384. The lowest BCUT2D eigenvalue weighted by Crippen LogP contribution is -2.32. The second-order valence-electron chi connectivity index (χ2n) is 5.22. The average molecular weight is 409 g/mol. The summed E-state index contributed by atoms with van der Waals surface area (Å²) in [6, 6.07) is 11.2. The van der Waals surface area contributed by atoms with E-state index in [2.05, 4.69) is 11.9 Å². The smallest absolute Gasteiger partial charge is 0.274 e. The van der Waals surface area contributed by atoms with Gasteiger partial charge in [-0.3, -0.25) is 9.00 Å². The van der Waals surface area contributed by atoms with Gasteiger partial charge in [-0.05, 0) is 48.0 Å². The standard InChI is InChI=1S/C17H18N2O6S2/c1-3-17(20)18-12-13-5-4-6-16(11-13)27(23,24)19(26(21)22)14-7-9-15(25-2)10-8-14/h3-11H,1,12H2,2H3,(H,18,20)(H,21,22)/p-1. The Balaban J connectivity index is 2.39. The van der Waals surface area contributed by atoms with E-state index in [0.717, 1.165) is 6.08 Å². The maximum atomic E-state index is 12.9. The number of carbonyl (C=O) groups is 1. The summed E-state index contributed by atoms with van der Waals surface area (Å²) in [5, 5.41) is 2.52. The third kappa shape index (κ3) is 4.94. The Labute approximate surface area is 159 Å². The minimum absolute atomic E-state index is 0.0607. The van der Waals surface area contributed by atoms with Crippen molar-refractivity contribution in [2.45, 2.75) is 11.4 Å². The quantitative estimate of drug-likeness (QED) is 0.522. The minimum atomic E-state index is -4.39. The zero-order valence-electron chi connectivity index (χ0n) is 14.3. The van der Waals surface area contributed by atoms with Crippen molar-refractivity contribution < 1.29 is 26.7 Å². The number of nitrogens with one attached hydrogen (secondary N) is 1. The van der Waals surface area contributed by atoms with Crippen molar-refractivity contribution in [1.82, 2.24) is 5.32 Å². The van der Waals surface area contributed by atoms with Crippen LogP contribution in [0, 0.1) is 0 Å². The van der Waals surface area contributed by atoms with Crippen LogP contribution >= 0.6 is 0 Å². The molecule has 2 aromatic carbocycles. The topological polar surface area (TPSA) is 116 Å². The molecule has 0 fully saturated rings. The molecular weight excluding hydrogens is 392 g/mol. The molecule has 144 valence electrons. The number of hydrogen-bond acceptors (Lipinski definition) is 6. The number of sulfonamides is 1. The van der Waals surface area contributed by atoms with E-state index in [0.29, 0.717) is 11.3 Å². The van der Waals surface area contributed by atoms with Crippen LogP contribution in [0.1, 0.15) is 5.56 Å². The van der Waals surface area contributed by atoms with E-state index in [4.69, 9.17) is 4.74 Å². The monoisotopic (exact) mass is 409 g/mol. The Kier molecular flexibility index (Phi) is 6.72. The molecule has 0 aromatic heterocycles. The molecule has 2 aromatic rings. The van der Waals surface area contributed by atoms with Gasteiger partial charge in [-0.1, -0.05) is 18.7 Å². The molecule has 0 saturated heterocycles. The molecule has 1 atom stereocenters. The largest absolute Gasteiger partial charge is 0.754 e. The fourth-order valence-electron chi connectivity index (χ4n) is 2.18. The van der Waals surface area contributed by atoms with Crippen LogP contribution in [0.25, 0.3) is 0 Å². The predicted molar refractivity (Wildman–Crippen MR) is 100 cm³/mol. The summed E-state index contributed by atoms with van der Waals surface area (Å²) >= 11 is -3.08. The Bertz CT molecular complexity index is 958. The van der Waals surface area contributed by atoms with Gasteiger partial charge in [0.15, 0.2) is 0 Å². The summed E-state index contributed by atoms with van der Waals surface area (Å²) in [6.07, 6.45) is 1.09. The minimum Gasteiger partial charge on any atom is -0.754 e. The number of amides is 1. The van der Waals surface area contributed by atoms with Crippen LogP contribution < -0.4 is 13.8 Å². The molecule has 10 heteroatoms. The van der Waals surface area contributed by atoms with Crippen LogP contribution in [0.5, 0.6) is 5.75 Å². The first-order chi connectivity index (χ1) is 12.8. The fraction of sp³-hybridized carbons (Fsp3) is 0.118. The Morgan fingerprint density at radius 3 is 2.52 bits per heavy atom. The van der Waals surface area contributed by atoms with Gasteiger partial charge in [0.25, 0.3) is 10.0 Å². The number of anilines is 1. The number of benzene rings is 2. The predicted octanol–water partition coefficient (Wildman–Crippen LogP) is 1.49. The molecule has 0 heterocycles. The first kappa shape index (κ1) is 20.6. The normalized spacial score (nSPS) is 12.1. The van der Waals surface area contributed by atoms with Gasteiger partial charge >= 0.3 is 0 Å². The van der Waals surface area contributed by atoms with Crippen molar-refractivity contribution >= 4 is 32.9 Å². The number of ether oxygens (including phenoxy) is 1. The van der Waals surface area contributed by atoms with Crippen molar-refractivity contribution in [2.75, 3.05) is 10.8 Å². The van der Waals surface area contributed by atoms with Gasteiger partial charge in [-0.25, -0.2) is 8.42 Å². The molecule has 0 aliphatic heterocycles. The summed E-state index contributed by atoms with van der Waals surface area (Å²) in [7, 11) is -2.96. The van der Waals surface area contributed by atoms with Crippen LogP contribution in [0.2, 0.25) is 0 Å². The molecule has 27 heavy (non-hydrogen) atoms. The lowest BCUT2D eigenvalue weighted by molar-refractivity contribution is -0.116. The Morgan fingerprint density at radius 1 is 1.30 bits per heavy atom. The van der Waals surface area contributed by atoms with Gasteiger partial charge in [-0.15, -0.1) is 0 Å². The lowest BCUT2D eigenvalue weighted by atomic mass is 10.2. The van der Waals surface area contributed by atoms with E-state index in [1.807, 2.05) is 0 Å². The summed E-state index contributed by atoms with van der Waals surface area (Å²) < 4.78 is 54.3. The fourth-order valence-corrected chi connectivity index (χ4v) is 4.52. The molecule has 2 rings (SSSR count). The molecule has 1 N–H and O–H groups in total. The van der Waals surface area contributed by atoms with Gasteiger partial charge in [-0.2, -0.15) is 3.71 Å². The van der Waals surface area contributed by atoms with Crippen molar-refractivity contribution in [3.63, 3.8) is 0 Å². The molecule has 0 aliphatic carbocycles. The molecule has 0 spiro atoms. The number of carbonyl (C=O) groups excluding carboxylic acids is 1. The molecule has 1 unspecified atom stereocenters. The highest BCUT2D eigenvalue weighted by Crippen LogP contribution is 2.27. The highest BCUT2D eigenvalue weighted by Gasteiger charge is 2.26. The van der Waals surface area contributed by atoms with Gasteiger partial charge < -0.3 is 14.6 Å². The van der Waals surface area contributed by atoms with Crippen LogP contribution in [0.4, 0.5) is 5.69 Å². The van der Waals surface area contributed by atoms with E-state index in [1.54, 1.807) is 6.07 Å². The molecule has 1 amide bonds. The third-order valence-electron chi connectivity index (χ3n) is 3.49. The average Bonchev–Trinajstić information content (AvgIpc) is 2.66. The first-order valence-corrected chi connectivity index (χ1v) is 10.0. The SMILES string of the molecule is C=CC(=O)NCc1cccc(S(=O)(=O)N(c2ccc(OC)cc2)S(=O)[O-])c1. The summed E-state index contributed by atoms with van der Waals surface area (Å²) in [4.78, 5) is 11.0. The highest BCUT2D eigenvalue weighted by atomic mass is 32.3. The highest BCUT2D eigenvalue weighted by molar-refractivity contribution is 8.05. The number of hydrogen-bond donors (Lipinski definition) is 1. The summed E-state index contributed by atoms with van der Waals surface area (Å²) in [5.41, 5.74) is 0.423. The molecular formula is C17H17N2O6S2-. The lowest BCUT2D eigenvalue weighted by Gasteiger charge is -2.26. The molecule has 8 nitrogen and oxygen atoms in total. The second kappa shape index (κ2) is 8.80. The van der Waals surface area contributed by atoms with E-state index in [1.165, 1.54) is 49.6 Å². The van der Waals surface area contributed by atoms with E-state index in [-0.39, 0.29) is 20.8 Å². The van der Waals surface area contributed by atoms with Gasteiger partial charge in [0.1, 0.15) is 5.75 Å². The molecule has 0 radical (unpaired) electrons. The first-order valence-electron chi connectivity index (χ1n) is 7.57. The summed E-state index contributed by atoms with van der Waals surface area (Å²) in [6.45, 7) is 3.39. The van der Waals surface area contributed by atoms with Gasteiger partial charge in [0.05, 0.1) is 29.0 Å². The van der Waals surface area contributed by atoms with Crippen LogP contribution in [-0.2, 0) is 32.6 Å². The van der Waals surface area contributed by atoms with Crippen molar-refractivity contribution in [3.8, 4) is 5.75 Å². The van der Waals surface area contributed by atoms with Crippen molar-refractivity contribution in [1.29, 1.82) is 0 Å². The molecule has 0 aliphatic rings.